The summed E-state index contributed by atoms with van der Waals surface area (Å²) < 4.78 is 13.2. The molecule has 0 aliphatic carbocycles. The van der Waals surface area contributed by atoms with Crippen molar-refractivity contribution in [3.8, 4) is 0 Å². The molecular weight excluding hydrogens is 173 g/mol. The molecule has 1 heterocycles. The molecule has 1 aromatic carbocycles. The van der Waals surface area contributed by atoms with Gasteiger partial charge in [-0.1, -0.05) is 18.2 Å². The lowest BCUT2D eigenvalue weighted by atomic mass is 10.2. The molecule has 2 rings (SSSR count). The molecule has 0 aromatic heterocycles. The van der Waals surface area contributed by atoms with Crippen molar-refractivity contribution < 1.29 is 4.39 Å². The summed E-state index contributed by atoms with van der Waals surface area (Å²) in [6, 6.07) is 6.94. The van der Waals surface area contributed by atoms with Crippen molar-refractivity contribution in [1.82, 2.24) is 5.32 Å². The first kappa shape index (κ1) is 8.08. The number of hydrogen-bond acceptors (Lipinski definition) is 2. The first-order chi connectivity index (χ1) is 5.88. The second-order valence-corrected chi connectivity index (χ2v) is 3.94. The molecule has 1 saturated heterocycles. The lowest BCUT2D eigenvalue weighted by Gasteiger charge is -2.09. The molecule has 1 atom stereocenters. The summed E-state index contributed by atoms with van der Waals surface area (Å²) in [5.41, 5.74) is 0.778. The summed E-state index contributed by atoms with van der Waals surface area (Å²) in [4.78, 5) is 0. The fourth-order valence-electron chi connectivity index (χ4n) is 1.31. The summed E-state index contributed by atoms with van der Waals surface area (Å²) in [6.07, 6.45) is 0. The molecule has 0 radical (unpaired) electrons. The lowest BCUT2D eigenvalue weighted by Crippen LogP contribution is -2.13. The highest BCUT2D eigenvalue weighted by Gasteiger charge is 2.18. The maximum absolute atomic E-state index is 13.2. The van der Waals surface area contributed by atoms with Crippen molar-refractivity contribution in [2.75, 3.05) is 12.3 Å². The topological polar surface area (TPSA) is 12.0 Å². The normalized spacial score (nSPS) is 22.9. The lowest BCUT2D eigenvalue weighted by molar-refractivity contribution is 0.595. The first-order valence-electron chi connectivity index (χ1n) is 3.97. The van der Waals surface area contributed by atoms with Gasteiger partial charge in [0, 0.05) is 17.9 Å². The van der Waals surface area contributed by atoms with E-state index in [9.17, 15) is 4.39 Å². The third kappa shape index (κ3) is 1.47. The maximum Gasteiger partial charge on any atom is 0.128 e. The van der Waals surface area contributed by atoms with E-state index in [1.54, 1.807) is 17.8 Å². The van der Waals surface area contributed by atoms with Crippen LogP contribution in [0.3, 0.4) is 0 Å². The van der Waals surface area contributed by atoms with Gasteiger partial charge in [0.1, 0.15) is 5.82 Å². The molecule has 0 saturated carbocycles. The van der Waals surface area contributed by atoms with E-state index >= 15 is 0 Å². The molecular formula is C9H10FNS. The Morgan fingerprint density at radius 1 is 1.42 bits per heavy atom. The zero-order chi connectivity index (χ0) is 8.39. The SMILES string of the molecule is Fc1ccccc1[C@H]1NCCS1. The van der Waals surface area contributed by atoms with Gasteiger partial charge in [0.15, 0.2) is 0 Å². The molecule has 1 nitrogen and oxygen atoms in total. The predicted octanol–water partition coefficient (Wildman–Crippen LogP) is 2.16. The summed E-state index contributed by atoms with van der Waals surface area (Å²) in [5, 5.41) is 3.40. The molecule has 0 amide bonds. The van der Waals surface area contributed by atoms with E-state index in [1.165, 1.54) is 6.07 Å². The zero-order valence-electron chi connectivity index (χ0n) is 6.59. The Kier molecular flexibility index (Phi) is 2.33. The minimum Gasteiger partial charge on any atom is -0.301 e. The Labute approximate surface area is 75.4 Å². The van der Waals surface area contributed by atoms with Crippen LogP contribution < -0.4 is 5.32 Å². The fraction of sp³-hybridized carbons (Fsp3) is 0.333. The van der Waals surface area contributed by atoms with Crippen LogP contribution in [-0.4, -0.2) is 12.3 Å². The molecule has 1 N–H and O–H groups in total. The van der Waals surface area contributed by atoms with Crippen molar-refractivity contribution in [3.63, 3.8) is 0 Å². The largest absolute Gasteiger partial charge is 0.301 e. The molecule has 1 aliphatic heterocycles. The van der Waals surface area contributed by atoms with Crippen LogP contribution in [0.5, 0.6) is 0 Å². The van der Waals surface area contributed by atoms with Gasteiger partial charge in [0.2, 0.25) is 0 Å². The van der Waals surface area contributed by atoms with Gasteiger partial charge in [-0.2, -0.15) is 0 Å². The van der Waals surface area contributed by atoms with Gasteiger partial charge >= 0.3 is 0 Å². The fourth-order valence-corrected chi connectivity index (χ4v) is 2.39. The van der Waals surface area contributed by atoms with Crippen molar-refractivity contribution in [2.45, 2.75) is 5.37 Å². The van der Waals surface area contributed by atoms with Crippen molar-refractivity contribution in [2.24, 2.45) is 0 Å². The van der Waals surface area contributed by atoms with Gasteiger partial charge in [-0.25, -0.2) is 4.39 Å². The highest BCUT2D eigenvalue weighted by molar-refractivity contribution is 7.99. The van der Waals surface area contributed by atoms with Gasteiger partial charge in [-0.15, -0.1) is 11.8 Å². The molecule has 64 valence electrons. The van der Waals surface area contributed by atoms with Gasteiger partial charge in [0.25, 0.3) is 0 Å². The Balaban J connectivity index is 2.26. The van der Waals surface area contributed by atoms with Crippen LogP contribution in [0.25, 0.3) is 0 Å². The van der Waals surface area contributed by atoms with Crippen LogP contribution in [-0.2, 0) is 0 Å². The van der Waals surface area contributed by atoms with E-state index < -0.39 is 0 Å². The number of thioether (sulfide) groups is 1. The van der Waals surface area contributed by atoms with Crippen LogP contribution in [0.1, 0.15) is 10.9 Å². The quantitative estimate of drug-likeness (QED) is 0.716. The van der Waals surface area contributed by atoms with Gasteiger partial charge in [-0.05, 0) is 6.07 Å². The monoisotopic (exact) mass is 183 g/mol. The number of halogens is 1. The van der Waals surface area contributed by atoms with E-state index in [0.29, 0.717) is 0 Å². The second-order valence-electron chi connectivity index (χ2n) is 2.73. The van der Waals surface area contributed by atoms with Crippen molar-refractivity contribution in [3.05, 3.63) is 35.6 Å². The Hall–Kier alpha value is -0.540. The van der Waals surface area contributed by atoms with E-state index in [4.69, 9.17) is 0 Å². The van der Waals surface area contributed by atoms with Crippen LogP contribution in [0, 0.1) is 5.82 Å². The number of benzene rings is 1. The average molecular weight is 183 g/mol. The van der Waals surface area contributed by atoms with E-state index in [-0.39, 0.29) is 11.2 Å². The Bertz CT molecular complexity index is 271. The summed E-state index contributed by atoms with van der Waals surface area (Å²) in [6.45, 7) is 0.976. The third-order valence-corrected chi connectivity index (χ3v) is 3.10. The molecule has 1 fully saturated rings. The second kappa shape index (κ2) is 3.46. The third-order valence-electron chi connectivity index (χ3n) is 1.90. The number of rotatable bonds is 1. The van der Waals surface area contributed by atoms with Crippen LogP contribution in [0.4, 0.5) is 4.39 Å². The van der Waals surface area contributed by atoms with E-state index in [0.717, 1.165) is 17.9 Å². The predicted molar refractivity (Wildman–Crippen MR) is 49.6 cm³/mol. The summed E-state index contributed by atoms with van der Waals surface area (Å²) in [7, 11) is 0. The minimum absolute atomic E-state index is 0.107. The van der Waals surface area contributed by atoms with Crippen LogP contribution in [0.15, 0.2) is 24.3 Å². The highest BCUT2D eigenvalue weighted by atomic mass is 32.2. The highest BCUT2D eigenvalue weighted by Crippen LogP contribution is 2.30. The molecule has 1 aliphatic rings. The molecule has 1 aromatic rings. The van der Waals surface area contributed by atoms with Gasteiger partial charge < -0.3 is 5.32 Å². The van der Waals surface area contributed by atoms with Crippen LogP contribution >= 0.6 is 11.8 Å². The molecule has 3 heteroatoms. The van der Waals surface area contributed by atoms with E-state index in [2.05, 4.69) is 5.32 Å². The zero-order valence-corrected chi connectivity index (χ0v) is 7.40. The summed E-state index contributed by atoms with van der Waals surface area (Å²) >= 11 is 1.76. The molecule has 0 unspecified atom stereocenters. The Morgan fingerprint density at radius 3 is 2.92 bits per heavy atom. The number of nitrogens with one attached hydrogen (secondary N) is 1. The standard InChI is InChI=1S/C9H10FNS/c10-8-4-2-1-3-7(8)9-11-5-6-12-9/h1-4,9,11H,5-6H2/t9-/m0/s1. The van der Waals surface area contributed by atoms with Crippen LogP contribution in [0.2, 0.25) is 0 Å². The molecule has 0 spiro atoms. The Morgan fingerprint density at radius 2 is 2.25 bits per heavy atom. The van der Waals surface area contributed by atoms with Gasteiger partial charge in [0.05, 0.1) is 5.37 Å². The van der Waals surface area contributed by atoms with Gasteiger partial charge in [-0.3, -0.25) is 0 Å². The maximum atomic E-state index is 13.2. The van der Waals surface area contributed by atoms with Crippen molar-refractivity contribution >= 4 is 11.8 Å². The van der Waals surface area contributed by atoms with E-state index in [1.807, 2.05) is 12.1 Å². The minimum atomic E-state index is -0.107. The first-order valence-corrected chi connectivity index (χ1v) is 5.02. The number of hydrogen-bond donors (Lipinski definition) is 1. The van der Waals surface area contributed by atoms with Crippen molar-refractivity contribution in [1.29, 1.82) is 0 Å². The molecule has 0 bridgehead atoms. The average Bonchev–Trinajstić information content (AvgIpc) is 2.57. The molecule has 12 heavy (non-hydrogen) atoms. The smallest absolute Gasteiger partial charge is 0.128 e. The summed E-state index contributed by atoms with van der Waals surface area (Å²) in [5.74, 6) is 0.961.